The second-order valence-corrected chi connectivity index (χ2v) is 4.93. The van der Waals surface area contributed by atoms with Crippen LogP contribution in [0.3, 0.4) is 0 Å². The molecule has 0 fully saturated rings. The molecule has 0 spiro atoms. The van der Waals surface area contributed by atoms with Crippen LogP contribution >= 0.6 is 39.1 Å². The number of carbonyl (C=O) groups excluding carboxylic acids is 1. The van der Waals surface area contributed by atoms with Crippen LogP contribution in [0.25, 0.3) is 0 Å². The SMILES string of the molecule is O=C(Nc1nccc(Cl)n1)c1ccc(Br)c(Cl)c1. The minimum Gasteiger partial charge on any atom is -0.290 e. The molecule has 7 heteroatoms. The van der Waals surface area contributed by atoms with Gasteiger partial charge in [0.05, 0.1) is 5.02 Å². The van der Waals surface area contributed by atoms with Crippen LogP contribution in [0.4, 0.5) is 5.95 Å². The van der Waals surface area contributed by atoms with E-state index in [4.69, 9.17) is 23.2 Å². The first-order chi connectivity index (χ1) is 8.56. The molecule has 18 heavy (non-hydrogen) atoms. The topological polar surface area (TPSA) is 54.9 Å². The summed E-state index contributed by atoms with van der Waals surface area (Å²) >= 11 is 14.8. The van der Waals surface area contributed by atoms with E-state index < -0.39 is 0 Å². The number of rotatable bonds is 2. The molecule has 92 valence electrons. The Bertz CT molecular complexity index is 607. The Hall–Kier alpha value is -1.17. The molecule has 1 aromatic heterocycles. The molecule has 1 amide bonds. The largest absolute Gasteiger partial charge is 0.290 e. The Kier molecular flexibility index (Phi) is 4.16. The summed E-state index contributed by atoms with van der Waals surface area (Å²) in [5.74, 6) is -0.210. The van der Waals surface area contributed by atoms with Crippen molar-refractivity contribution in [2.24, 2.45) is 0 Å². The molecule has 2 aromatic rings. The number of amides is 1. The average Bonchev–Trinajstić information content (AvgIpc) is 2.32. The summed E-state index contributed by atoms with van der Waals surface area (Å²) in [7, 11) is 0. The van der Waals surface area contributed by atoms with Crippen molar-refractivity contribution < 1.29 is 4.79 Å². The quantitative estimate of drug-likeness (QED) is 0.841. The van der Waals surface area contributed by atoms with Crippen molar-refractivity contribution in [3.8, 4) is 0 Å². The van der Waals surface area contributed by atoms with Crippen molar-refractivity contribution in [1.29, 1.82) is 0 Å². The first kappa shape index (κ1) is 13.3. The molecule has 0 radical (unpaired) electrons. The maximum absolute atomic E-state index is 11.9. The highest BCUT2D eigenvalue weighted by molar-refractivity contribution is 9.10. The second-order valence-electron chi connectivity index (χ2n) is 3.29. The number of halogens is 3. The van der Waals surface area contributed by atoms with E-state index in [1.54, 1.807) is 18.2 Å². The maximum atomic E-state index is 11.9. The molecule has 0 saturated heterocycles. The number of carbonyl (C=O) groups is 1. The molecule has 0 aliphatic carbocycles. The number of nitrogens with one attached hydrogen (secondary N) is 1. The van der Waals surface area contributed by atoms with Gasteiger partial charge in [-0.25, -0.2) is 9.97 Å². The van der Waals surface area contributed by atoms with E-state index >= 15 is 0 Å². The van der Waals surface area contributed by atoms with Gasteiger partial charge in [0.1, 0.15) is 5.15 Å². The summed E-state index contributed by atoms with van der Waals surface area (Å²) in [5.41, 5.74) is 0.409. The van der Waals surface area contributed by atoms with Gasteiger partial charge in [-0.2, -0.15) is 0 Å². The van der Waals surface area contributed by atoms with Gasteiger partial charge in [-0.05, 0) is 40.2 Å². The van der Waals surface area contributed by atoms with Crippen LogP contribution < -0.4 is 5.32 Å². The van der Waals surface area contributed by atoms with Crippen molar-refractivity contribution in [2.75, 3.05) is 5.32 Å². The highest BCUT2D eigenvalue weighted by Gasteiger charge is 2.09. The molecule has 1 N–H and O–H groups in total. The minimum absolute atomic E-state index is 0.145. The Morgan fingerprint density at radius 2 is 2.06 bits per heavy atom. The fourth-order valence-electron chi connectivity index (χ4n) is 1.21. The molecule has 4 nitrogen and oxygen atoms in total. The molecular weight excluding hydrogens is 341 g/mol. The zero-order valence-electron chi connectivity index (χ0n) is 8.82. The summed E-state index contributed by atoms with van der Waals surface area (Å²) in [6.07, 6.45) is 1.46. The van der Waals surface area contributed by atoms with Gasteiger partial charge in [0, 0.05) is 16.2 Å². The number of nitrogens with zero attached hydrogens (tertiary/aromatic N) is 2. The number of anilines is 1. The van der Waals surface area contributed by atoms with Crippen LogP contribution in [0.5, 0.6) is 0 Å². The van der Waals surface area contributed by atoms with Crippen LogP contribution in [0, 0.1) is 0 Å². The fraction of sp³-hybridized carbons (Fsp3) is 0. The first-order valence-electron chi connectivity index (χ1n) is 4.81. The zero-order valence-corrected chi connectivity index (χ0v) is 11.9. The first-order valence-corrected chi connectivity index (χ1v) is 6.36. The van der Waals surface area contributed by atoms with Gasteiger partial charge in [-0.1, -0.05) is 23.2 Å². The van der Waals surface area contributed by atoms with Crippen LogP contribution in [0.15, 0.2) is 34.9 Å². The van der Waals surface area contributed by atoms with Crippen molar-refractivity contribution in [3.05, 3.63) is 50.7 Å². The molecule has 0 unspecified atom stereocenters. The smallest absolute Gasteiger partial charge is 0.258 e. The lowest BCUT2D eigenvalue weighted by Crippen LogP contribution is -2.14. The van der Waals surface area contributed by atoms with E-state index in [9.17, 15) is 4.79 Å². The fourth-order valence-corrected chi connectivity index (χ4v) is 1.77. The Morgan fingerprint density at radius 1 is 1.28 bits per heavy atom. The standard InChI is InChI=1S/C11H6BrCl2N3O/c12-7-2-1-6(5-8(7)13)10(18)17-11-15-4-3-9(14)16-11/h1-5H,(H,15,16,17,18). The molecule has 0 aliphatic heterocycles. The molecule has 1 aromatic carbocycles. The number of hydrogen-bond acceptors (Lipinski definition) is 3. The van der Waals surface area contributed by atoms with Gasteiger partial charge in [0.2, 0.25) is 5.95 Å². The molecule has 1 heterocycles. The maximum Gasteiger partial charge on any atom is 0.258 e. The predicted octanol–water partition coefficient (Wildman–Crippen LogP) is 3.80. The lowest BCUT2D eigenvalue weighted by atomic mass is 10.2. The summed E-state index contributed by atoms with van der Waals surface area (Å²) in [5, 5.41) is 3.24. The lowest BCUT2D eigenvalue weighted by molar-refractivity contribution is 0.102. The van der Waals surface area contributed by atoms with Crippen LogP contribution in [0.2, 0.25) is 10.2 Å². The van der Waals surface area contributed by atoms with Crippen molar-refractivity contribution in [3.63, 3.8) is 0 Å². The number of benzene rings is 1. The highest BCUT2D eigenvalue weighted by atomic mass is 79.9. The third-order valence-electron chi connectivity index (χ3n) is 2.03. The monoisotopic (exact) mass is 345 g/mol. The summed E-state index contributed by atoms with van der Waals surface area (Å²) in [6, 6.07) is 6.39. The van der Waals surface area contributed by atoms with Crippen LogP contribution in [0.1, 0.15) is 10.4 Å². The van der Waals surface area contributed by atoms with Gasteiger partial charge in [0.15, 0.2) is 0 Å². The van der Waals surface area contributed by atoms with Gasteiger partial charge in [-0.15, -0.1) is 0 Å². The average molecular weight is 347 g/mol. The molecule has 2 rings (SSSR count). The Balaban J connectivity index is 2.19. The number of hydrogen-bond donors (Lipinski definition) is 1. The van der Waals surface area contributed by atoms with E-state index in [0.717, 1.165) is 4.47 Å². The number of aromatic nitrogens is 2. The summed E-state index contributed by atoms with van der Waals surface area (Å²) < 4.78 is 0.722. The highest BCUT2D eigenvalue weighted by Crippen LogP contribution is 2.23. The van der Waals surface area contributed by atoms with Crippen LogP contribution in [-0.4, -0.2) is 15.9 Å². The van der Waals surface area contributed by atoms with E-state index in [2.05, 4.69) is 31.2 Å². The molecule has 0 aliphatic rings. The molecule has 0 saturated carbocycles. The lowest BCUT2D eigenvalue weighted by Gasteiger charge is -2.04. The zero-order chi connectivity index (χ0) is 13.1. The van der Waals surface area contributed by atoms with Crippen LogP contribution in [-0.2, 0) is 0 Å². The van der Waals surface area contributed by atoms with Crippen molar-refractivity contribution in [1.82, 2.24) is 9.97 Å². The van der Waals surface area contributed by atoms with Gasteiger partial charge in [0.25, 0.3) is 5.91 Å². The van der Waals surface area contributed by atoms with E-state index in [0.29, 0.717) is 10.6 Å². The molecule has 0 bridgehead atoms. The predicted molar refractivity (Wildman–Crippen MR) is 74.1 cm³/mol. The molecular formula is C11H6BrCl2N3O. The van der Waals surface area contributed by atoms with Gasteiger partial charge < -0.3 is 0 Å². The van der Waals surface area contributed by atoms with Gasteiger partial charge in [-0.3, -0.25) is 10.1 Å². The normalized spacial score (nSPS) is 10.2. The minimum atomic E-state index is -0.355. The Labute approximate surface area is 121 Å². The van der Waals surface area contributed by atoms with Crippen molar-refractivity contribution in [2.45, 2.75) is 0 Å². The third-order valence-corrected chi connectivity index (χ3v) is 3.47. The Morgan fingerprint density at radius 3 is 2.72 bits per heavy atom. The van der Waals surface area contributed by atoms with E-state index in [1.807, 2.05) is 0 Å². The van der Waals surface area contributed by atoms with E-state index in [1.165, 1.54) is 12.3 Å². The molecule has 0 atom stereocenters. The van der Waals surface area contributed by atoms with Crippen molar-refractivity contribution >= 4 is 51.0 Å². The van der Waals surface area contributed by atoms with Gasteiger partial charge >= 0.3 is 0 Å². The summed E-state index contributed by atoms with van der Waals surface area (Å²) in [6.45, 7) is 0. The third kappa shape index (κ3) is 3.19. The second kappa shape index (κ2) is 5.65. The summed E-state index contributed by atoms with van der Waals surface area (Å²) in [4.78, 5) is 19.6. The van der Waals surface area contributed by atoms with E-state index in [-0.39, 0.29) is 17.0 Å².